The van der Waals surface area contributed by atoms with Crippen LogP contribution >= 0.6 is 0 Å². The van der Waals surface area contributed by atoms with Gasteiger partial charge in [0.05, 0.1) is 29.5 Å². The van der Waals surface area contributed by atoms with Gasteiger partial charge in [-0.2, -0.15) is 9.97 Å². The number of fused-ring (bicyclic) bond motifs is 3. The number of rotatable bonds is 14. The van der Waals surface area contributed by atoms with Crippen LogP contribution in [0, 0.1) is 11.6 Å². The average molecular weight is 902 g/mol. The highest BCUT2D eigenvalue weighted by Crippen LogP contribution is 2.45. The Morgan fingerprint density at radius 2 is 1.66 bits per heavy atom. The molecule has 0 amide bonds. The Kier molecular flexibility index (Phi) is 12.6. The van der Waals surface area contributed by atoms with Gasteiger partial charge in [0.15, 0.2) is 12.6 Å². The Bertz CT molecular complexity index is 2630. The Hall–Kier alpha value is -4.89. The molecule has 0 bridgehead atoms. The van der Waals surface area contributed by atoms with Crippen molar-refractivity contribution < 1.29 is 32.5 Å². The fourth-order valence-corrected chi connectivity index (χ4v) is 15.8. The van der Waals surface area contributed by atoms with Gasteiger partial charge in [0.1, 0.15) is 29.4 Å². The molecule has 0 saturated carbocycles. The van der Waals surface area contributed by atoms with Crippen LogP contribution in [0.15, 0.2) is 91.1 Å². The third-order valence-corrected chi connectivity index (χ3v) is 19.3. The third-order valence-electron chi connectivity index (χ3n) is 14.3. The molecule has 2 N–H and O–H groups in total. The molecule has 10 nitrogen and oxygen atoms in total. The Labute approximate surface area is 381 Å². The Morgan fingerprint density at radius 3 is 2.34 bits per heavy atom. The molecule has 13 heteroatoms. The van der Waals surface area contributed by atoms with Crippen LogP contribution in [-0.2, 0) is 15.6 Å². The molecule has 6 aromatic rings. The number of hydrogen-bond donors (Lipinski definition) is 2. The van der Waals surface area contributed by atoms with Gasteiger partial charge in [0.25, 0.3) is 8.32 Å². The zero-order valence-electron chi connectivity index (χ0n) is 38.4. The predicted octanol–water partition coefficient (Wildman–Crippen LogP) is 8.80. The average Bonchev–Trinajstić information content (AvgIpc) is 3.87. The number of aryl methyl sites for hydroxylation is 1. The van der Waals surface area contributed by atoms with E-state index < -0.39 is 25.8 Å². The Balaban J connectivity index is 1.07. The number of benzene rings is 4. The molecular formula is C52H61F2N5O5Si. The molecule has 65 heavy (non-hydrogen) atoms. The second-order valence-electron chi connectivity index (χ2n) is 19.4. The molecule has 3 fully saturated rings. The van der Waals surface area contributed by atoms with Crippen LogP contribution < -0.4 is 25.2 Å². The van der Waals surface area contributed by atoms with E-state index in [0.29, 0.717) is 71.3 Å². The molecule has 3 saturated heterocycles. The van der Waals surface area contributed by atoms with Crippen LogP contribution in [0.3, 0.4) is 0 Å². The minimum Gasteiger partial charge on any atom is -0.468 e. The molecular weight excluding hydrogens is 841 g/mol. The summed E-state index contributed by atoms with van der Waals surface area (Å²) in [5.74, 6) is -0.667. The van der Waals surface area contributed by atoms with Crippen molar-refractivity contribution in [1.29, 1.82) is 0 Å². The van der Waals surface area contributed by atoms with Crippen molar-refractivity contribution in [2.45, 2.75) is 108 Å². The number of hydrogen-bond acceptors (Lipinski definition) is 10. The van der Waals surface area contributed by atoms with Crippen molar-refractivity contribution >= 4 is 40.4 Å². The van der Waals surface area contributed by atoms with Crippen LogP contribution in [0.4, 0.5) is 8.78 Å². The topological polar surface area (TPSA) is 111 Å². The SMILES string of the molecule is CCc1c(F)ccc2cc(OCOC)cc(-c3ncc4c(C5NCCCC5(C)O)nc(OC[C@]56CCCN5[C@@H](CO[Si](c5ccccc5)(c5ccccc5)C(C)(C)C)CC6)nc4c3F)c12. The van der Waals surface area contributed by atoms with Gasteiger partial charge < -0.3 is 29.1 Å². The minimum atomic E-state index is -2.76. The second-order valence-corrected chi connectivity index (χ2v) is 23.7. The van der Waals surface area contributed by atoms with Crippen molar-refractivity contribution in [2.75, 3.05) is 40.2 Å². The normalized spacial score (nSPS) is 22.7. The van der Waals surface area contributed by atoms with Gasteiger partial charge in [-0.25, -0.2) is 8.78 Å². The Morgan fingerprint density at radius 1 is 0.923 bits per heavy atom. The highest BCUT2D eigenvalue weighted by Gasteiger charge is 2.54. The summed E-state index contributed by atoms with van der Waals surface area (Å²) in [5.41, 5.74) is -0.243. The van der Waals surface area contributed by atoms with Crippen LogP contribution in [0.2, 0.25) is 5.04 Å². The quantitative estimate of drug-likeness (QED) is 0.0814. The van der Waals surface area contributed by atoms with Gasteiger partial charge in [-0.3, -0.25) is 9.88 Å². The van der Waals surface area contributed by atoms with E-state index >= 15 is 8.78 Å². The van der Waals surface area contributed by atoms with Crippen molar-refractivity contribution in [3.8, 4) is 23.0 Å². The van der Waals surface area contributed by atoms with Crippen LogP contribution in [0.25, 0.3) is 32.9 Å². The highest BCUT2D eigenvalue weighted by atomic mass is 28.4. The number of nitrogens with one attached hydrogen (secondary N) is 1. The predicted molar refractivity (Wildman–Crippen MR) is 253 cm³/mol. The van der Waals surface area contributed by atoms with Gasteiger partial charge in [0.2, 0.25) is 0 Å². The molecule has 3 aliphatic heterocycles. The fraction of sp³-hybridized carbons (Fsp3) is 0.442. The van der Waals surface area contributed by atoms with E-state index in [9.17, 15) is 5.11 Å². The molecule has 4 atom stereocenters. The zero-order chi connectivity index (χ0) is 45.6. The second kappa shape index (κ2) is 18.1. The first kappa shape index (κ1) is 45.3. The number of aromatic nitrogens is 3. The van der Waals surface area contributed by atoms with Crippen molar-refractivity contribution in [1.82, 2.24) is 25.2 Å². The summed E-state index contributed by atoms with van der Waals surface area (Å²) in [6.07, 6.45) is 7.06. The summed E-state index contributed by atoms with van der Waals surface area (Å²) in [6, 6.07) is 27.6. The lowest BCUT2D eigenvalue weighted by molar-refractivity contribution is -0.00846. The van der Waals surface area contributed by atoms with Crippen LogP contribution in [0.5, 0.6) is 11.8 Å². The molecule has 2 aromatic heterocycles. The van der Waals surface area contributed by atoms with Gasteiger partial charge in [0, 0.05) is 30.3 Å². The molecule has 2 unspecified atom stereocenters. The van der Waals surface area contributed by atoms with Crippen molar-refractivity contribution in [3.63, 3.8) is 0 Å². The first-order chi connectivity index (χ1) is 31.3. The first-order valence-corrected chi connectivity index (χ1v) is 25.0. The summed E-state index contributed by atoms with van der Waals surface area (Å²) >= 11 is 0. The number of methoxy groups -OCH3 is 1. The van der Waals surface area contributed by atoms with E-state index in [1.165, 1.54) is 23.5 Å². The smallest absolute Gasteiger partial charge is 0.317 e. The number of piperidine rings is 1. The number of aliphatic hydroxyl groups is 1. The molecule has 0 aliphatic carbocycles. The number of pyridine rings is 1. The van der Waals surface area contributed by atoms with Crippen molar-refractivity contribution in [2.24, 2.45) is 0 Å². The van der Waals surface area contributed by atoms with E-state index in [4.69, 9.17) is 33.6 Å². The van der Waals surface area contributed by atoms with E-state index in [0.717, 1.165) is 38.6 Å². The maximum absolute atomic E-state index is 17.6. The highest BCUT2D eigenvalue weighted by molar-refractivity contribution is 6.99. The lowest BCUT2D eigenvalue weighted by atomic mass is 9.84. The van der Waals surface area contributed by atoms with Crippen molar-refractivity contribution in [3.05, 3.63) is 114 Å². The summed E-state index contributed by atoms with van der Waals surface area (Å²) in [4.78, 5) is 17.1. The molecule has 5 heterocycles. The number of ether oxygens (including phenoxy) is 3. The maximum atomic E-state index is 17.6. The van der Waals surface area contributed by atoms with Crippen LogP contribution in [0.1, 0.15) is 90.4 Å². The van der Waals surface area contributed by atoms with Gasteiger partial charge >= 0.3 is 6.01 Å². The standard InChI is InChI=1S/C52H61F2N5O5Si/c1-7-39-42(53)21-20-34-28-36(63-33-61-6)29-40(43(34)39)45-44(54)46-41(30-56-45)47(48-51(5,60)23-14-26-55-48)58-49(57-46)62-32-52-24-15-27-59(52)35(22-25-52)31-64-65(50(2,3)4,37-16-10-8-11-17-37)38-18-12-9-13-19-38/h8-13,16-21,28-30,35,48,55,60H,7,14-15,22-27,31-33H2,1-6H3/t35-,48?,51?,52-/m1/s1. The molecule has 342 valence electrons. The van der Waals surface area contributed by atoms with E-state index in [1.807, 2.05) is 6.92 Å². The lowest BCUT2D eigenvalue weighted by Crippen LogP contribution is -2.67. The largest absolute Gasteiger partial charge is 0.468 e. The van der Waals surface area contributed by atoms with E-state index in [2.05, 4.69) is 91.7 Å². The maximum Gasteiger partial charge on any atom is 0.317 e. The van der Waals surface area contributed by atoms with Gasteiger partial charge in [-0.1, -0.05) is 94.4 Å². The zero-order valence-corrected chi connectivity index (χ0v) is 39.4. The summed E-state index contributed by atoms with van der Waals surface area (Å²) < 4.78 is 58.2. The van der Waals surface area contributed by atoms with E-state index in [1.54, 1.807) is 31.3 Å². The molecule has 3 aliphatic rings. The molecule has 0 radical (unpaired) electrons. The first-order valence-electron chi connectivity index (χ1n) is 23.1. The van der Waals surface area contributed by atoms with Crippen LogP contribution in [-0.4, -0.2) is 90.7 Å². The number of nitrogens with zero attached hydrogens (tertiary/aromatic N) is 4. The molecule has 0 spiro atoms. The number of halogens is 2. The third kappa shape index (κ3) is 8.22. The summed E-state index contributed by atoms with van der Waals surface area (Å²) in [6.45, 7) is 13.0. The van der Waals surface area contributed by atoms with Gasteiger partial charge in [-0.05, 0) is 115 Å². The minimum absolute atomic E-state index is 0.00719. The van der Waals surface area contributed by atoms with E-state index in [-0.39, 0.29) is 46.5 Å². The lowest BCUT2D eigenvalue weighted by Gasteiger charge is -2.44. The fourth-order valence-electron chi connectivity index (χ4n) is 11.2. The monoisotopic (exact) mass is 901 g/mol. The van der Waals surface area contributed by atoms with Gasteiger partial charge in [-0.15, -0.1) is 0 Å². The molecule has 4 aromatic carbocycles. The molecule has 9 rings (SSSR count). The summed E-state index contributed by atoms with van der Waals surface area (Å²) in [7, 11) is -1.24. The summed E-state index contributed by atoms with van der Waals surface area (Å²) in [5, 5.41) is 19.1.